The van der Waals surface area contributed by atoms with E-state index in [9.17, 15) is 54.0 Å². The smallest absolute Gasteiger partial charge is 0.251 e. The number of nitrogens with one attached hydrogen (secondary N) is 6. The monoisotopic (exact) mass is 1050 g/mol. The molecule has 0 bridgehead atoms. The Morgan fingerprint density at radius 1 is 0.711 bits per heavy atom. The first-order valence-electron chi connectivity index (χ1n) is 26.1. The topological polar surface area (TPSA) is 288 Å². The Labute approximate surface area is 442 Å². The molecule has 9 atom stereocenters. The summed E-state index contributed by atoms with van der Waals surface area (Å²) in [7, 11) is 0. The molecule has 76 heavy (non-hydrogen) atoms. The number of phenolic OH excluding ortho intramolecular Hbond substituents is 1. The fourth-order valence-electron chi connectivity index (χ4n) is 9.57. The molecule has 0 radical (unpaired) electrons. The first kappa shape index (κ1) is 56.3. The summed E-state index contributed by atoms with van der Waals surface area (Å²) < 4.78 is 5.86. The van der Waals surface area contributed by atoms with Crippen molar-refractivity contribution in [1.29, 1.82) is 0 Å². The average molecular weight is 1050 g/mol. The number of aryl methyl sites for hydroxylation is 1. The van der Waals surface area contributed by atoms with Crippen LogP contribution in [0.5, 0.6) is 11.5 Å². The minimum Gasteiger partial charge on any atom is -0.508 e. The number of amides is 7. The lowest BCUT2D eigenvalue weighted by atomic mass is 9.99. The molecule has 7 amide bonds. The lowest BCUT2D eigenvalue weighted by molar-refractivity contribution is -0.145. The van der Waals surface area contributed by atoms with Gasteiger partial charge in [-0.3, -0.25) is 38.9 Å². The largest absolute Gasteiger partial charge is 0.508 e. The summed E-state index contributed by atoms with van der Waals surface area (Å²) in [5.41, 5.74) is 4.67. The van der Waals surface area contributed by atoms with Crippen molar-refractivity contribution in [3.8, 4) is 33.8 Å². The average Bonchev–Trinajstić information content (AvgIpc) is 4.08. The number of aliphatic hydroxyl groups is 3. The van der Waals surface area contributed by atoms with Crippen molar-refractivity contribution >= 4 is 41.4 Å². The molecule has 4 aromatic carbocycles. The zero-order valence-electron chi connectivity index (χ0n) is 43.1. The van der Waals surface area contributed by atoms with Gasteiger partial charge in [-0.2, -0.15) is 0 Å². The predicted molar refractivity (Wildman–Crippen MR) is 281 cm³/mol. The molecule has 3 heterocycles. The number of carbonyl (C=O) groups excluding carboxylic acids is 7. The number of benzene rings is 4. The fourth-order valence-corrected chi connectivity index (χ4v) is 9.57. The highest BCUT2D eigenvalue weighted by Crippen LogP contribution is 2.28. The van der Waals surface area contributed by atoms with Crippen LogP contribution in [0.25, 0.3) is 22.3 Å². The Bertz CT molecular complexity index is 2650. The summed E-state index contributed by atoms with van der Waals surface area (Å²) >= 11 is 0. The number of nitrogens with zero attached hydrogens (tertiary/aromatic N) is 2. The predicted octanol–water partition coefficient (Wildman–Crippen LogP) is 1.87. The molecular weight excluding hydrogens is 977 g/mol. The van der Waals surface area contributed by atoms with Crippen LogP contribution in [0.4, 0.5) is 0 Å². The highest BCUT2D eigenvalue weighted by atomic mass is 16.5. The number of rotatable bonds is 14. The summed E-state index contributed by atoms with van der Waals surface area (Å²) in [5.74, 6) is -4.67. The molecule has 7 unspecified atom stereocenters. The van der Waals surface area contributed by atoms with Crippen LogP contribution >= 0.6 is 0 Å². The minimum atomic E-state index is -1.67. The number of carbonyl (C=O) groups is 7. The van der Waals surface area contributed by atoms with Crippen LogP contribution in [-0.4, -0.2) is 159 Å². The van der Waals surface area contributed by atoms with Gasteiger partial charge in [-0.15, -0.1) is 0 Å². The van der Waals surface area contributed by atoms with Crippen LogP contribution in [0, 0.1) is 0 Å². The molecule has 0 saturated carbocycles. The summed E-state index contributed by atoms with van der Waals surface area (Å²) in [4.78, 5) is 101. The van der Waals surface area contributed by atoms with Crippen LogP contribution in [0.2, 0.25) is 0 Å². The molecule has 0 spiro atoms. The Hall–Kier alpha value is -7.39. The molecule has 3 fully saturated rings. The van der Waals surface area contributed by atoms with Crippen molar-refractivity contribution in [3.05, 3.63) is 108 Å². The second-order valence-electron chi connectivity index (χ2n) is 19.7. The molecule has 20 nitrogen and oxygen atoms in total. The number of aromatic hydroxyl groups is 1. The van der Waals surface area contributed by atoms with E-state index in [1.165, 1.54) is 30.9 Å². The van der Waals surface area contributed by atoms with Crippen molar-refractivity contribution in [3.63, 3.8) is 0 Å². The van der Waals surface area contributed by atoms with Crippen molar-refractivity contribution in [1.82, 2.24) is 41.7 Å². The summed E-state index contributed by atoms with van der Waals surface area (Å²) in [5, 5.41) is 58.9. The van der Waals surface area contributed by atoms with E-state index in [0.717, 1.165) is 52.2 Å². The standard InChI is InChI=1S/C56H70N8O12/c1-4-5-6-28-76-43-24-20-39(21-25-43)37-14-12-36(13-15-37)38-16-18-40(19-17-38)50(69)59-44-8-7-27-58-53(72)47-30-57-32-64(47)56(75)49(34(3)66)62-52(71)45(26-11-35-9-22-41(67)23-10-35)60-54(73)46-29-42(68)31-63(46)55(74)48(33(2)65)61-51(44)70/h9-10,12-25,33-34,42,44-49,57,65-68H,4-8,11,26-32H2,1-3H3,(H,58,72)(H,59,69)(H,60,73)(H,61,70)(H,62,71)/t33?,34?,42-,44+,45?,46?,47?,48?,49?/m1/s1. The van der Waals surface area contributed by atoms with Gasteiger partial charge in [0.1, 0.15) is 47.8 Å². The first-order valence-corrected chi connectivity index (χ1v) is 26.1. The number of aliphatic hydroxyl groups excluding tert-OH is 3. The van der Waals surface area contributed by atoms with Gasteiger partial charge in [0.2, 0.25) is 35.4 Å². The molecule has 7 rings (SSSR count). The van der Waals surface area contributed by atoms with Crippen molar-refractivity contribution in [2.45, 2.75) is 127 Å². The molecule has 3 saturated heterocycles. The Balaban J connectivity index is 1.10. The van der Waals surface area contributed by atoms with Gasteiger partial charge in [0.25, 0.3) is 5.91 Å². The molecule has 4 aromatic rings. The normalized spacial score (nSPS) is 23.9. The molecule has 20 heteroatoms. The lowest BCUT2D eigenvalue weighted by Gasteiger charge is -2.32. The second kappa shape index (κ2) is 26.4. The van der Waals surface area contributed by atoms with E-state index in [-0.39, 0.29) is 69.7 Å². The highest BCUT2D eigenvalue weighted by Gasteiger charge is 2.45. The van der Waals surface area contributed by atoms with Crippen LogP contribution < -0.4 is 36.6 Å². The lowest BCUT2D eigenvalue weighted by Crippen LogP contribution is -2.61. The summed E-state index contributed by atoms with van der Waals surface area (Å²) in [6.07, 6.45) is -1.08. The van der Waals surface area contributed by atoms with E-state index in [1.807, 2.05) is 48.5 Å². The Kier molecular flexibility index (Phi) is 19.6. The zero-order valence-corrected chi connectivity index (χ0v) is 43.1. The molecular formula is C56H70N8O12. The third kappa shape index (κ3) is 14.5. The van der Waals surface area contributed by atoms with Gasteiger partial charge in [-0.05, 0) is 110 Å². The van der Waals surface area contributed by atoms with Crippen LogP contribution in [0.15, 0.2) is 97.1 Å². The number of hydrogen-bond acceptors (Lipinski definition) is 13. The molecule has 10 N–H and O–H groups in total. The van der Waals surface area contributed by atoms with E-state index in [0.29, 0.717) is 12.2 Å². The molecule has 0 aromatic heterocycles. The second-order valence-corrected chi connectivity index (χ2v) is 19.7. The third-order valence-corrected chi connectivity index (χ3v) is 14.0. The minimum absolute atomic E-state index is 0.00760. The SMILES string of the molecule is CCCCCOc1ccc(-c2ccc(-c3ccc(C(=O)N[C@H]4CCCNC(=O)C5CNCN5C(=O)C(C(C)O)NC(=O)C(CCc5ccc(O)cc5)NC(=O)C5C[C@@H](O)CN5C(=O)C(C(C)O)NC4=O)cc3)cc2)cc1. The van der Waals surface area contributed by atoms with E-state index >= 15 is 0 Å². The van der Waals surface area contributed by atoms with Gasteiger partial charge < -0.3 is 61.5 Å². The van der Waals surface area contributed by atoms with Crippen LogP contribution in [-0.2, 0) is 35.2 Å². The van der Waals surface area contributed by atoms with Crippen LogP contribution in [0.3, 0.4) is 0 Å². The maximum absolute atomic E-state index is 14.4. The third-order valence-electron chi connectivity index (χ3n) is 14.0. The molecule has 406 valence electrons. The quantitative estimate of drug-likeness (QED) is 0.0809. The van der Waals surface area contributed by atoms with Gasteiger partial charge in [0.15, 0.2) is 0 Å². The van der Waals surface area contributed by atoms with E-state index in [2.05, 4.69) is 38.8 Å². The van der Waals surface area contributed by atoms with Crippen molar-refractivity contribution in [2.24, 2.45) is 0 Å². The van der Waals surface area contributed by atoms with Gasteiger partial charge in [0.05, 0.1) is 31.6 Å². The maximum atomic E-state index is 14.4. The molecule has 0 aliphatic carbocycles. The summed E-state index contributed by atoms with van der Waals surface area (Å²) in [6, 6.07) is 20.4. The van der Waals surface area contributed by atoms with E-state index in [4.69, 9.17) is 4.74 Å². The van der Waals surface area contributed by atoms with Crippen LogP contribution in [0.1, 0.15) is 81.6 Å². The Morgan fingerprint density at radius 2 is 1.29 bits per heavy atom. The molecule has 3 aliphatic heterocycles. The fraction of sp³-hybridized carbons (Fsp3) is 0.446. The highest BCUT2D eigenvalue weighted by molar-refractivity contribution is 6.00. The van der Waals surface area contributed by atoms with Crippen molar-refractivity contribution in [2.75, 3.05) is 32.9 Å². The van der Waals surface area contributed by atoms with E-state index in [1.54, 1.807) is 36.4 Å². The van der Waals surface area contributed by atoms with Crippen molar-refractivity contribution < 1.29 is 58.7 Å². The molecule has 3 aliphatic rings. The number of hydrogen-bond donors (Lipinski definition) is 10. The maximum Gasteiger partial charge on any atom is 0.251 e. The van der Waals surface area contributed by atoms with E-state index < -0.39 is 95.9 Å². The van der Waals surface area contributed by atoms with Gasteiger partial charge in [-0.1, -0.05) is 80.4 Å². The number of fused-ring (bicyclic) bond motifs is 2. The van der Waals surface area contributed by atoms with Gasteiger partial charge >= 0.3 is 0 Å². The number of ether oxygens (including phenoxy) is 1. The number of unbranched alkanes of at least 4 members (excludes halogenated alkanes) is 2. The zero-order chi connectivity index (χ0) is 54.5. The first-order chi connectivity index (χ1) is 36.5. The summed E-state index contributed by atoms with van der Waals surface area (Å²) in [6.45, 7) is 4.93. The van der Waals surface area contributed by atoms with Gasteiger partial charge in [-0.25, -0.2) is 0 Å². The Morgan fingerprint density at radius 3 is 1.89 bits per heavy atom. The van der Waals surface area contributed by atoms with Gasteiger partial charge in [0, 0.05) is 31.6 Å². The number of phenols is 1.